The van der Waals surface area contributed by atoms with Crippen molar-refractivity contribution >= 4 is 43.2 Å². The summed E-state index contributed by atoms with van der Waals surface area (Å²) in [7, 11) is -0.946. The van der Waals surface area contributed by atoms with Gasteiger partial charge in [-0.05, 0) is 41.3 Å². The number of benzene rings is 4. The molecule has 1 heterocycles. The van der Waals surface area contributed by atoms with Crippen LogP contribution in [0.15, 0.2) is 90.1 Å². The van der Waals surface area contributed by atoms with Crippen LogP contribution in [0.2, 0.25) is 0 Å². The van der Waals surface area contributed by atoms with E-state index < -0.39 is 9.84 Å². The first kappa shape index (κ1) is 24.3. The zero-order valence-corrected chi connectivity index (χ0v) is 21.2. The number of rotatable bonds is 8. The van der Waals surface area contributed by atoms with Crippen molar-refractivity contribution in [1.29, 1.82) is 0 Å². The maximum Gasteiger partial charge on any atom is 0.244 e. The molecule has 5 rings (SSSR count). The molecule has 0 unspecified atom stereocenters. The van der Waals surface area contributed by atoms with E-state index in [0.717, 1.165) is 10.8 Å². The summed E-state index contributed by atoms with van der Waals surface area (Å²) in [4.78, 5) is 17.6. The summed E-state index contributed by atoms with van der Waals surface area (Å²) in [5.41, 5.74) is 2.18. The van der Waals surface area contributed by atoms with E-state index in [-0.39, 0.29) is 23.4 Å². The van der Waals surface area contributed by atoms with Crippen molar-refractivity contribution in [2.24, 2.45) is 0 Å². The van der Waals surface area contributed by atoms with Crippen LogP contribution in [0.3, 0.4) is 0 Å². The standard InChI is InChI=1S/C28H25N3O5S/c1-35-21-14-19(15-22(16-21)36-2)18-37(33,34)28-30-25-11-5-6-13-26(25)31(28)17-27(32)29-24-12-7-9-20-8-3-4-10-23(20)24/h3-16H,17-18H2,1-2H3,(H,29,32). The minimum Gasteiger partial charge on any atom is -0.497 e. The Morgan fingerprint density at radius 2 is 1.57 bits per heavy atom. The van der Waals surface area contributed by atoms with E-state index in [0.29, 0.717) is 33.8 Å². The summed E-state index contributed by atoms with van der Waals surface area (Å²) < 4.78 is 39.2. The number of anilines is 1. The Hall–Kier alpha value is -4.37. The van der Waals surface area contributed by atoms with Crippen molar-refractivity contribution in [2.75, 3.05) is 19.5 Å². The van der Waals surface area contributed by atoms with Gasteiger partial charge in [0.05, 0.1) is 31.0 Å². The van der Waals surface area contributed by atoms with Gasteiger partial charge in [0.1, 0.15) is 18.0 Å². The summed E-state index contributed by atoms with van der Waals surface area (Å²) in [6.07, 6.45) is 0. The van der Waals surface area contributed by atoms with Gasteiger partial charge in [-0.15, -0.1) is 0 Å². The number of fused-ring (bicyclic) bond motifs is 2. The third-order valence-electron chi connectivity index (χ3n) is 6.03. The number of amides is 1. The van der Waals surface area contributed by atoms with E-state index in [1.54, 1.807) is 42.5 Å². The maximum atomic E-state index is 13.6. The molecular weight excluding hydrogens is 490 g/mol. The number of hydrogen-bond acceptors (Lipinski definition) is 6. The lowest BCUT2D eigenvalue weighted by Gasteiger charge is -2.13. The Bertz CT molecular complexity index is 1700. The van der Waals surface area contributed by atoms with Crippen molar-refractivity contribution in [3.8, 4) is 11.5 Å². The Morgan fingerprint density at radius 3 is 2.32 bits per heavy atom. The fourth-order valence-corrected chi connectivity index (χ4v) is 5.82. The van der Waals surface area contributed by atoms with Gasteiger partial charge in [0.2, 0.25) is 20.9 Å². The highest BCUT2D eigenvalue weighted by Crippen LogP contribution is 2.28. The Kier molecular flexibility index (Phi) is 6.54. The number of sulfone groups is 1. The molecular formula is C28H25N3O5S. The summed E-state index contributed by atoms with van der Waals surface area (Å²) in [6.45, 7) is -0.222. The lowest BCUT2D eigenvalue weighted by Crippen LogP contribution is -2.22. The second-order valence-corrected chi connectivity index (χ2v) is 10.4. The van der Waals surface area contributed by atoms with Crippen LogP contribution in [0.25, 0.3) is 21.8 Å². The number of nitrogens with one attached hydrogen (secondary N) is 1. The number of carbonyl (C=O) groups excluding carboxylic acids is 1. The monoisotopic (exact) mass is 515 g/mol. The molecule has 5 aromatic rings. The van der Waals surface area contributed by atoms with E-state index in [1.165, 1.54) is 18.8 Å². The van der Waals surface area contributed by atoms with E-state index in [1.807, 2.05) is 42.5 Å². The van der Waals surface area contributed by atoms with Crippen molar-refractivity contribution in [3.05, 3.63) is 90.5 Å². The summed E-state index contributed by atoms with van der Waals surface area (Å²) in [5.74, 6) is 0.258. The summed E-state index contributed by atoms with van der Waals surface area (Å²) in [5, 5.41) is 4.64. The molecule has 0 fully saturated rings. The number of para-hydroxylation sites is 2. The number of ether oxygens (including phenoxy) is 2. The Balaban J connectivity index is 1.50. The number of hydrogen-bond donors (Lipinski definition) is 1. The highest BCUT2D eigenvalue weighted by Gasteiger charge is 2.26. The molecule has 188 valence electrons. The van der Waals surface area contributed by atoms with Gasteiger partial charge in [0, 0.05) is 17.1 Å². The normalized spacial score (nSPS) is 11.5. The van der Waals surface area contributed by atoms with E-state index in [2.05, 4.69) is 10.3 Å². The predicted octanol–water partition coefficient (Wildman–Crippen LogP) is 4.82. The van der Waals surface area contributed by atoms with Crippen molar-refractivity contribution < 1.29 is 22.7 Å². The molecule has 0 saturated heterocycles. The van der Waals surface area contributed by atoms with Gasteiger partial charge in [0.25, 0.3) is 0 Å². The number of aromatic nitrogens is 2. The molecule has 0 aliphatic rings. The van der Waals surface area contributed by atoms with Gasteiger partial charge in [-0.3, -0.25) is 4.79 Å². The molecule has 0 spiro atoms. The third-order valence-corrected chi connectivity index (χ3v) is 7.61. The van der Waals surface area contributed by atoms with Crippen molar-refractivity contribution in [1.82, 2.24) is 9.55 Å². The Morgan fingerprint density at radius 1 is 0.892 bits per heavy atom. The van der Waals surface area contributed by atoms with Gasteiger partial charge in [-0.25, -0.2) is 13.4 Å². The SMILES string of the molecule is COc1cc(CS(=O)(=O)c2nc3ccccc3n2CC(=O)Nc2cccc3ccccc23)cc(OC)c1. The molecule has 0 aliphatic heterocycles. The second-order valence-electron chi connectivity index (χ2n) is 8.52. The van der Waals surface area contributed by atoms with E-state index >= 15 is 0 Å². The van der Waals surface area contributed by atoms with E-state index in [4.69, 9.17) is 9.47 Å². The van der Waals surface area contributed by atoms with Crippen molar-refractivity contribution in [3.63, 3.8) is 0 Å². The van der Waals surface area contributed by atoms with Crippen LogP contribution in [0.1, 0.15) is 5.56 Å². The largest absolute Gasteiger partial charge is 0.497 e. The highest BCUT2D eigenvalue weighted by atomic mass is 32.2. The van der Waals surface area contributed by atoms with Gasteiger partial charge in [0.15, 0.2) is 0 Å². The van der Waals surface area contributed by atoms with Crippen LogP contribution in [-0.2, 0) is 26.9 Å². The van der Waals surface area contributed by atoms with E-state index in [9.17, 15) is 13.2 Å². The fourth-order valence-electron chi connectivity index (χ4n) is 4.35. The average Bonchev–Trinajstić information content (AvgIpc) is 3.27. The molecule has 0 atom stereocenters. The first-order valence-corrected chi connectivity index (χ1v) is 13.2. The van der Waals surface area contributed by atoms with Crippen molar-refractivity contribution in [2.45, 2.75) is 17.5 Å². The first-order valence-electron chi connectivity index (χ1n) is 11.6. The molecule has 1 aromatic heterocycles. The van der Waals surface area contributed by atoms with Gasteiger partial charge < -0.3 is 19.4 Å². The molecule has 37 heavy (non-hydrogen) atoms. The van der Waals surface area contributed by atoms with Gasteiger partial charge in [-0.1, -0.05) is 48.5 Å². The lowest BCUT2D eigenvalue weighted by atomic mass is 10.1. The van der Waals surface area contributed by atoms with Gasteiger partial charge >= 0.3 is 0 Å². The quantitative estimate of drug-likeness (QED) is 0.318. The molecule has 8 nitrogen and oxygen atoms in total. The van der Waals surface area contributed by atoms with Crippen LogP contribution < -0.4 is 14.8 Å². The first-order chi connectivity index (χ1) is 17.9. The predicted molar refractivity (Wildman–Crippen MR) is 143 cm³/mol. The maximum absolute atomic E-state index is 13.6. The molecule has 0 bridgehead atoms. The van der Waals surface area contributed by atoms with Gasteiger partial charge in [-0.2, -0.15) is 0 Å². The molecule has 1 N–H and O–H groups in total. The topological polar surface area (TPSA) is 99.5 Å². The Labute approximate surface area is 214 Å². The third kappa shape index (κ3) is 4.99. The zero-order valence-electron chi connectivity index (χ0n) is 20.3. The molecule has 9 heteroatoms. The number of imidazole rings is 1. The molecule has 1 amide bonds. The summed E-state index contributed by atoms with van der Waals surface area (Å²) in [6, 6.07) is 25.4. The van der Waals surface area contributed by atoms with Crippen LogP contribution in [0.4, 0.5) is 5.69 Å². The fraction of sp³-hybridized carbons (Fsp3) is 0.143. The van der Waals surface area contributed by atoms with Crippen LogP contribution in [0.5, 0.6) is 11.5 Å². The number of carbonyl (C=O) groups is 1. The second kappa shape index (κ2) is 9.94. The zero-order chi connectivity index (χ0) is 26.0. The number of nitrogens with zero attached hydrogens (tertiary/aromatic N) is 2. The molecule has 0 radical (unpaired) electrons. The average molecular weight is 516 g/mol. The minimum absolute atomic E-state index is 0.177. The molecule has 4 aromatic carbocycles. The van der Waals surface area contributed by atoms with Crippen LogP contribution in [0, 0.1) is 0 Å². The highest BCUT2D eigenvalue weighted by molar-refractivity contribution is 7.90. The molecule has 0 aliphatic carbocycles. The molecule has 0 saturated carbocycles. The summed E-state index contributed by atoms with van der Waals surface area (Å²) >= 11 is 0. The minimum atomic E-state index is -3.95. The smallest absolute Gasteiger partial charge is 0.244 e. The lowest BCUT2D eigenvalue weighted by molar-refractivity contribution is -0.116. The van der Waals surface area contributed by atoms with Crippen LogP contribution >= 0.6 is 0 Å². The van der Waals surface area contributed by atoms with Crippen LogP contribution in [-0.4, -0.2) is 38.1 Å². The number of methoxy groups -OCH3 is 2.